The summed E-state index contributed by atoms with van der Waals surface area (Å²) in [7, 11) is 0. The molecule has 1 N–H and O–H groups in total. The highest BCUT2D eigenvalue weighted by atomic mass is 16.5. The van der Waals surface area contributed by atoms with Crippen LogP contribution in [0.25, 0.3) is 10.8 Å². The van der Waals surface area contributed by atoms with Gasteiger partial charge in [0.25, 0.3) is 0 Å². The number of fused-ring (bicyclic) bond motifs is 1. The van der Waals surface area contributed by atoms with Gasteiger partial charge in [0.2, 0.25) is 0 Å². The number of esters is 1. The zero-order valence-electron chi connectivity index (χ0n) is 12.8. The fraction of sp³-hybridized carbons (Fsp3) is 0.333. The van der Waals surface area contributed by atoms with Gasteiger partial charge in [-0.05, 0) is 47.7 Å². The van der Waals surface area contributed by atoms with Crippen molar-refractivity contribution in [2.75, 3.05) is 6.61 Å². The minimum absolute atomic E-state index is 0.0634. The molecule has 0 heterocycles. The highest BCUT2D eigenvalue weighted by Crippen LogP contribution is 2.26. The lowest BCUT2D eigenvalue weighted by molar-refractivity contribution is 0.0495. The van der Waals surface area contributed by atoms with E-state index in [1.54, 1.807) is 24.3 Å². The average Bonchev–Trinajstić information content (AvgIpc) is 2.50. The predicted octanol–water partition coefficient (Wildman–Crippen LogP) is 3.95. The van der Waals surface area contributed by atoms with E-state index in [2.05, 4.69) is 13.8 Å². The first-order valence-electron chi connectivity index (χ1n) is 7.41. The summed E-state index contributed by atoms with van der Waals surface area (Å²) >= 11 is 0. The van der Waals surface area contributed by atoms with E-state index in [1.807, 2.05) is 0 Å². The van der Waals surface area contributed by atoms with Crippen LogP contribution in [0.15, 0.2) is 30.3 Å². The summed E-state index contributed by atoms with van der Waals surface area (Å²) in [5, 5.41) is 11.0. The third-order valence-corrected chi connectivity index (χ3v) is 3.55. The summed E-state index contributed by atoms with van der Waals surface area (Å²) in [4.78, 5) is 23.1. The lowest BCUT2D eigenvalue weighted by atomic mass is 10.0. The Labute approximate surface area is 129 Å². The molecule has 2 rings (SSSR count). The zero-order chi connectivity index (χ0) is 16.1. The van der Waals surface area contributed by atoms with Crippen LogP contribution in [0.2, 0.25) is 0 Å². The van der Waals surface area contributed by atoms with Gasteiger partial charge in [0, 0.05) is 0 Å². The summed E-state index contributed by atoms with van der Waals surface area (Å²) in [5.74, 6) is 0.159. The second kappa shape index (κ2) is 7.07. The molecular formula is C18H20O4. The van der Waals surface area contributed by atoms with Crippen molar-refractivity contribution in [3.8, 4) is 5.75 Å². The SMILES string of the molecule is CC(C)CCCOC(=O)c1ccc2c(C=O)c(O)ccc2c1. The maximum absolute atomic E-state index is 12.0. The van der Waals surface area contributed by atoms with Crippen LogP contribution in [-0.4, -0.2) is 24.0 Å². The van der Waals surface area contributed by atoms with Crippen LogP contribution in [0.1, 0.15) is 47.4 Å². The summed E-state index contributed by atoms with van der Waals surface area (Å²) in [6.07, 6.45) is 2.48. The molecule has 0 aliphatic carbocycles. The highest BCUT2D eigenvalue weighted by Gasteiger charge is 2.11. The third kappa shape index (κ3) is 3.64. The van der Waals surface area contributed by atoms with Gasteiger partial charge in [-0.3, -0.25) is 4.79 Å². The minimum Gasteiger partial charge on any atom is -0.507 e. The molecule has 0 saturated heterocycles. The first-order chi connectivity index (χ1) is 10.5. The van der Waals surface area contributed by atoms with Gasteiger partial charge in [-0.15, -0.1) is 0 Å². The number of hydrogen-bond acceptors (Lipinski definition) is 4. The van der Waals surface area contributed by atoms with Crippen LogP contribution >= 0.6 is 0 Å². The fourth-order valence-electron chi connectivity index (χ4n) is 2.33. The largest absolute Gasteiger partial charge is 0.507 e. The number of aromatic hydroxyl groups is 1. The zero-order valence-corrected chi connectivity index (χ0v) is 12.8. The first kappa shape index (κ1) is 16.0. The molecule has 0 unspecified atom stereocenters. The van der Waals surface area contributed by atoms with Crippen LogP contribution < -0.4 is 0 Å². The van der Waals surface area contributed by atoms with Gasteiger partial charge < -0.3 is 9.84 Å². The lowest BCUT2D eigenvalue weighted by Crippen LogP contribution is -2.07. The van der Waals surface area contributed by atoms with Crippen molar-refractivity contribution < 1.29 is 19.4 Å². The molecule has 0 bridgehead atoms. The van der Waals surface area contributed by atoms with Gasteiger partial charge in [-0.1, -0.05) is 26.0 Å². The normalized spacial score (nSPS) is 10.9. The maximum atomic E-state index is 12.0. The molecule has 2 aromatic rings. The first-order valence-corrected chi connectivity index (χ1v) is 7.41. The number of ether oxygens (including phenoxy) is 1. The molecule has 22 heavy (non-hydrogen) atoms. The Balaban J connectivity index is 2.14. The van der Waals surface area contributed by atoms with E-state index in [0.717, 1.165) is 18.2 Å². The number of phenols is 1. The maximum Gasteiger partial charge on any atom is 0.338 e. The molecule has 0 aliphatic rings. The topological polar surface area (TPSA) is 63.6 Å². The second-order valence-corrected chi connectivity index (χ2v) is 5.72. The van der Waals surface area contributed by atoms with Crippen molar-refractivity contribution in [1.82, 2.24) is 0 Å². The van der Waals surface area contributed by atoms with E-state index in [4.69, 9.17) is 4.74 Å². The van der Waals surface area contributed by atoms with Gasteiger partial charge in [0.15, 0.2) is 6.29 Å². The van der Waals surface area contributed by atoms with Crippen molar-refractivity contribution in [3.63, 3.8) is 0 Å². The van der Waals surface area contributed by atoms with E-state index in [9.17, 15) is 14.7 Å². The number of benzene rings is 2. The monoisotopic (exact) mass is 300 g/mol. The second-order valence-electron chi connectivity index (χ2n) is 5.72. The molecule has 0 atom stereocenters. The summed E-state index contributed by atoms with van der Waals surface area (Å²) in [6, 6.07) is 8.06. The van der Waals surface area contributed by atoms with E-state index in [-0.39, 0.29) is 17.3 Å². The van der Waals surface area contributed by atoms with Gasteiger partial charge in [0.1, 0.15) is 5.75 Å². The van der Waals surface area contributed by atoms with E-state index >= 15 is 0 Å². The summed E-state index contributed by atoms with van der Waals surface area (Å²) < 4.78 is 5.25. The van der Waals surface area contributed by atoms with E-state index < -0.39 is 0 Å². The Bertz CT molecular complexity index is 689. The third-order valence-electron chi connectivity index (χ3n) is 3.55. The Morgan fingerprint density at radius 1 is 1.27 bits per heavy atom. The van der Waals surface area contributed by atoms with Crippen LogP contribution in [0.5, 0.6) is 5.75 Å². The van der Waals surface area contributed by atoms with Gasteiger partial charge >= 0.3 is 5.97 Å². The number of carbonyl (C=O) groups is 2. The molecule has 0 saturated carbocycles. The number of carbonyl (C=O) groups excluding carboxylic acids is 2. The summed E-state index contributed by atoms with van der Waals surface area (Å²) in [6.45, 7) is 4.67. The molecule has 0 aromatic heterocycles. The number of phenolic OH excluding ortho intramolecular Hbond substituents is 1. The highest BCUT2D eigenvalue weighted by molar-refractivity contribution is 6.03. The molecule has 0 amide bonds. The van der Waals surface area contributed by atoms with Crippen LogP contribution in [-0.2, 0) is 4.74 Å². The smallest absolute Gasteiger partial charge is 0.338 e. The Kier molecular flexibility index (Phi) is 5.15. The number of aldehydes is 1. The fourth-order valence-corrected chi connectivity index (χ4v) is 2.33. The molecule has 0 spiro atoms. The molecular weight excluding hydrogens is 280 g/mol. The molecule has 4 heteroatoms. The van der Waals surface area contributed by atoms with Crippen LogP contribution in [0.3, 0.4) is 0 Å². The van der Waals surface area contributed by atoms with Gasteiger partial charge in [-0.2, -0.15) is 0 Å². The Hall–Kier alpha value is -2.36. The lowest BCUT2D eigenvalue weighted by Gasteiger charge is -2.08. The van der Waals surface area contributed by atoms with Crippen molar-refractivity contribution in [1.29, 1.82) is 0 Å². The molecule has 2 aromatic carbocycles. The Morgan fingerprint density at radius 2 is 2.05 bits per heavy atom. The summed E-state index contributed by atoms with van der Waals surface area (Å²) in [5.41, 5.74) is 0.675. The van der Waals surface area contributed by atoms with E-state index in [1.165, 1.54) is 6.07 Å². The van der Waals surface area contributed by atoms with Gasteiger partial charge in [-0.25, -0.2) is 4.79 Å². The molecule has 0 aliphatic heterocycles. The molecule has 0 fully saturated rings. The Morgan fingerprint density at radius 3 is 2.73 bits per heavy atom. The quantitative estimate of drug-likeness (QED) is 0.498. The van der Waals surface area contributed by atoms with Crippen molar-refractivity contribution >= 4 is 23.0 Å². The molecule has 116 valence electrons. The predicted molar refractivity (Wildman–Crippen MR) is 85.4 cm³/mol. The van der Waals surface area contributed by atoms with Crippen LogP contribution in [0.4, 0.5) is 0 Å². The van der Waals surface area contributed by atoms with E-state index in [0.29, 0.717) is 29.8 Å². The van der Waals surface area contributed by atoms with Crippen molar-refractivity contribution in [3.05, 3.63) is 41.5 Å². The van der Waals surface area contributed by atoms with Gasteiger partial charge in [0.05, 0.1) is 17.7 Å². The minimum atomic E-state index is -0.369. The molecule has 4 nitrogen and oxygen atoms in total. The molecule has 0 radical (unpaired) electrons. The van der Waals surface area contributed by atoms with Crippen molar-refractivity contribution in [2.24, 2.45) is 5.92 Å². The average molecular weight is 300 g/mol. The standard InChI is InChI=1S/C18H20O4/c1-12(2)4-3-9-22-18(21)14-5-7-15-13(10-14)6-8-17(20)16(15)11-19/h5-8,10-12,20H,3-4,9H2,1-2H3. The van der Waals surface area contributed by atoms with Crippen molar-refractivity contribution in [2.45, 2.75) is 26.7 Å². The number of rotatable bonds is 6. The number of hydrogen-bond donors (Lipinski definition) is 1. The van der Waals surface area contributed by atoms with Crippen LogP contribution in [0, 0.1) is 5.92 Å².